The molecule has 9 nitrogen and oxygen atoms in total. The second kappa shape index (κ2) is 7.65. The normalized spacial score (nSPS) is 10.4. The molecule has 0 fully saturated rings. The van der Waals surface area contributed by atoms with Crippen LogP contribution in [0.1, 0.15) is 28.5 Å². The van der Waals surface area contributed by atoms with E-state index in [-0.39, 0.29) is 17.2 Å². The minimum atomic E-state index is -0.518. The van der Waals surface area contributed by atoms with Gasteiger partial charge in [-0.3, -0.25) is 14.9 Å². The van der Waals surface area contributed by atoms with Crippen LogP contribution in [0.4, 0.5) is 11.4 Å². The van der Waals surface area contributed by atoms with Crippen LogP contribution in [0.15, 0.2) is 18.2 Å². The summed E-state index contributed by atoms with van der Waals surface area (Å²) < 4.78 is 7.00. The molecule has 0 aliphatic carbocycles. The van der Waals surface area contributed by atoms with E-state index in [1.165, 1.54) is 25.2 Å². The Labute approximate surface area is 145 Å². The maximum absolute atomic E-state index is 11.7. The minimum absolute atomic E-state index is 0.165. The molecule has 25 heavy (non-hydrogen) atoms. The van der Waals surface area contributed by atoms with Crippen LogP contribution in [0.5, 0.6) is 5.88 Å². The summed E-state index contributed by atoms with van der Waals surface area (Å²) in [6.45, 7) is 2.30. The third-order valence-electron chi connectivity index (χ3n) is 3.84. The Hall–Kier alpha value is -3.10. The molecule has 2 N–H and O–H groups in total. The van der Waals surface area contributed by atoms with E-state index >= 15 is 0 Å². The molecular weight excluding hydrogens is 326 g/mol. The SMILES string of the molecule is CCc1nn(C)c(OC)c1CNc1ccc(C(=O)NC)cc1[N+](=O)[O-]. The number of rotatable bonds is 7. The molecule has 0 saturated heterocycles. The molecule has 0 aliphatic heterocycles. The van der Waals surface area contributed by atoms with Crippen LogP contribution in [-0.4, -0.2) is 34.8 Å². The maximum atomic E-state index is 11.7. The Kier molecular flexibility index (Phi) is 5.58. The van der Waals surface area contributed by atoms with Gasteiger partial charge in [0.05, 0.1) is 23.3 Å². The molecule has 0 spiro atoms. The van der Waals surface area contributed by atoms with Gasteiger partial charge >= 0.3 is 0 Å². The van der Waals surface area contributed by atoms with Crippen LogP contribution in [0.25, 0.3) is 0 Å². The predicted molar refractivity (Wildman–Crippen MR) is 93.0 cm³/mol. The summed E-state index contributed by atoms with van der Waals surface area (Å²) in [5, 5.41) is 21.2. The van der Waals surface area contributed by atoms with E-state index in [4.69, 9.17) is 4.74 Å². The summed E-state index contributed by atoms with van der Waals surface area (Å²) >= 11 is 0. The molecule has 0 atom stereocenters. The van der Waals surface area contributed by atoms with Crippen LogP contribution in [0, 0.1) is 10.1 Å². The first-order chi connectivity index (χ1) is 11.9. The highest BCUT2D eigenvalue weighted by Crippen LogP contribution is 2.28. The molecule has 2 aromatic rings. The number of hydrogen-bond acceptors (Lipinski definition) is 6. The van der Waals surface area contributed by atoms with E-state index in [0.29, 0.717) is 24.5 Å². The van der Waals surface area contributed by atoms with Crippen molar-refractivity contribution in [1.82, 2.24) is 15.1 Å². The number of nitrogens with zero attached hydrogens (tertiary/aromatic N) is 3. The lowest BCUT2D eigenvalue weighted by Gasteiger charge is -2.10. The minimum Gasteiger partial charge on any atom is -0.481 e. The Balaban J connectivity index is 2.32. The fourth-order valence-electron chi connectivity index (χ4n) is 2.62. The van der Waals surface area contributed by atoms with E-state index in [9.17, 15) is 14.9 Å². The molecule has 1 heterocycles. The molecule has 0 saturated carbocycles. The zero-order valence-corrected chi connectivity index (χ0v) is 14.6. The number of carbonyl (C=O) groups excluding carboxylic acids is 1. The van der Waals surface area contributed by atoms with Crippen LogP contribution >= 0.6 is 0 Å². The lowest BCUT2D eigenvalue weighted by molar-refractivity contribution is -0.384. The smallest absolute Gasteiger partial charge is 0.293 e. The number of benzene rings is 1. The summed E-state index contributed by atoms with van der Waals surface area (Å²) in [7, 11) is 4.81. The molecule has 0 unspecified atom stereocenters. The highest BCUT2D eigenvalue weighted by atomic mass is 16.6. The van der Waals surface area contributed by atoms with Gasteiger partial charge in [0.1, 0.15) is 5.69 Å². The number of aromatic nitrogens is 2. The molecule has 0 bridgehead atoms. The van der Waals surface area contributed by atoms with Crippen LogP contribution < -0.4 is 15.4 Å². The number of nitro groups is 1. The number of carbonyl (C=O) groups is 1. The van der Waals surface area contributed by atoms with Gasteiger partial charge in [0.25, 0.3) is 11.6 Å². The van der Waals surface area contributed by atoms with Crippen molar-refractivity contribution >= 4 is 17.3 Å². The maximum Gasteiger partial charge on any atom is 0.293 e. The number of hydrogen-bond donors (Lipinski definition) is 2. The third-order valence-corrected chi connectivity index (χ3v) is 3.84. The summed E-state index contributed by atoms with van der Waals surface area (Å²) in [5.74, 6) is 0.228. The molecule has 1 aromatic carbocycles. The number of aryl methyl sites for hydroxylation is 2. The van der Waals surface area contributed by atoms with Crippen molar-refractivity contribution in [3.8, 4) is 5.88 Å². The average Bonchev–Trinajstić information content (AvgIpc) is 2.93. The quantitative estimate of drug-likeness (QED) is 0.584. The van der Waals surface area contributed by atoms with Gasteiger partial charge in [-0.15, -0.1) is 0 Å². The molecule has 0 aliphatic rings. The number of nitro benzene ring substituents is 1. The highest BCUT2D eigenvalue weighted by molar-refractivity contribution is 5.95. The third kappa shape index (κ3) is 3.70. The zero-order chi connectivity index (χ0) is 18.6. The summed E-state index contributed by atoms with van der Waals surface area (Å²) in [5.41, 5.74) is 2.09. The van der Waals surface area contributed by atoms with E-state index in [0.717, 1.165) is 11.3 Å². The number of amides is 1. The summed E-state index contributed by atoms with van der Waals surface area (Å²) in [6.07, 6.45) is 0.714. The van der Waals surface area contributed by atoms with Crippen LogP contribution in [0.2, 0.25) is 0 Å². The summed E-state index contributed by atoms with van der Waals surface area (Å²) in [6, 6.07) is 4.31. The molecule has 1 aromatic heterocycles. The Morgan fingerprint density at radius 3 is 2.72 bits per heavy atom. The molecule has 134 valence electrons. The molecule has 1 amide bonds. The largest absolute Gasteiger partial charge is 0.481 e. The Morgan fingerprint density at radius 1 is 1.44 bits per heavy atom. The van der Waals surface area contributed by atoms with Gasteiger partial charge in [-0.25, -0.2) is 4.68 Å². The number of methoxy groups -OCH3 is 1. The van der Waals surface area contributed by atoms with Gasteiger partial charge in [0.15, 0.2) is 0 Å². The van der Waals surface area contributed by atoms with Crippen molar-refractivity contribution < 1.29 is 14.5 Å². The molecule has 9 heteroatoms. The fourth-order valence-corrected chi connectivity index (χ4v) is 2.62. The standard InChI is InChI=1S/C16H21N5O4/c1-5-12-11(16(25-4)20(3)19-12)9-18-13-7-6-10(15(22)17-2)8-14(13)21(23)24/h6-8,18H,5,9H2,1-4H3,(H,17,22). The highest BCUT2D eigenvalue weighted by Gasteiger charge is 2.20. The number of anilines is 1. The first-order valence-electron chi connectivity index (χ1n) is 7.76. The topological polar surface area (TPSA) is 111 Å². The van der Waals surface area contributed by atoms with Crippen molar-refractivity contribution in [2.24, 2.45) is 7.05 Å². The van der Waals surface area contributed by atoms with Crippen molar-refractivity contribution in [2.75, 3.05) is 19.5 Å². The molecular formula is C16H21N5O4. The van der Waals surface area contributed by atoms with Gasteiger partial charge in [0.2, 0.25) is 5.88 Å². The van der Waals surface area contributed by atoms with Gasteiger partial charge in [0, 0.05) is 32.3 Å². The first-order valence-corrected chi connectivity index (χ1v) is 7.76. The van der Waals surface area contributed by atoms with E-state index in [1.54, 1.807) is 18.8 Å². The second-order valence-corrected chi connectivity index (χ2v) is 5.33. The van der Waals surface area contributed by atoms with E-state index in [1.807, 2.05) is 6.92 Å². The summed E-state index contributed by atoms with van der Waals surface area (Å²) in [4.78, 5) is 22.5. The zero-order valence-electron chi connectivity index (χ0n) is 14.6. The fraction of sp³-hybridized carbons (Fsp3) is 0.375. The van der Waals surface area contributed by atoms with Gasteiger partial charge in [-0.1, -0.05) is 6.92 Å². The van der Waals surface area contributed by atoms with Crippen molar-refractivity contribution in [3.63, 3.8) is 0 Å². The number of nitrogens with one attached hydrogen (secondary N) is 2. The predicted octanol–water partition coefficient (Wildman–Crippen LogP) is 1.87. The van der Waals surface area contributed by atoms with E-state index in [2.05, 4.69) is 15.7 Å². The van der Waals surface area contributed by atoms with Gasteiger partial charge in [-0.2, -0.15) is 5.10 Å². The Bertz CT molecular complexity index is 800. The number of ether oxygens (including phenoxy) is 1. The Morgan fingerprint density at radius 2 is 2.16 bits per heavy atom. The van der Waals surface area contributed by atoms with E-state index < -0.39 is 4.92 Å². The van der Waals surface area contributed by atoms with Crippen molar-refractivity contribution in [1.29, 1.82) is 0 Å². The van der Waals surface area contributed by atoms with Crippen LogP contribution in [0.3, 0.4) is 0 Å². The second-order valence-electron chi connectivity index (χ2n) is 5.33. The lowest BCUT2D eigenvalue weighted by atomic mass is 10.1. The lowest BCUT2D eigenvalue weighted by Crippen LogP contribution is -2.18. The first kappa shape index (κ1) is 18.2. The van der Waals surface area contributed by atoms with Gasteiger partial charge in [-0.05, 0) is 18.6 Å². The van der Waals surface area contributed by atoms with Crippen LogP contribution in [-0.2, 0) is 20.0 Å². The average molecular weight is 347 g/mol. The molecule has 0 radical (unpaired) electrons. The monoisotopic (exact) mass is 347 g/mol. The molecule has 2 rings (SSSR count). The van der Waals surface area contributed by atoms with Crippen molar-refractivity contribution in [3.05, 3.63) is 45.1 Å². The van der Waals surface area contributed by atoms with Gasteiger partial charge < -0.3 is 15.4 Å². The van der Waals surface area contributed by atoms with Crippen molar-refractivity contribution in [2.45, 2.75) is 19.9 Å².